The van der Waals surface area contributed by atoms with E-state index in [1.54, 1.807) is 12.1 Å². The van der Waals surface area contributed by atoms with Gasteiger partial charge in [0, 0.05) is 18.0 Å². The minimum atomic E-state index is -0.222. The summed E-state index contributed by atoms with van der Waals surface area (Å²) in [4.78, 5) is 11.9. The van der Waals surface area contributed by atoms with Crippen LogP contribution in [0.4, 0.5) is 0 Å². The minimum Gasteiger partial charge on any atom is -0.459 e. The number of hydrogen-bond acceptors (Lipinski definition) is 5. The van der Waals surface area contributed by atoms with Crippen LogP contribution in [0.5, 0.6) is 0 Å². The maximum absolute atomic E-state index is 11.9. The van der Waals surface area contributed by atoms with E-state index < -0.39 is 0 Å². The van der Waals surface area contributed by atoms with Crippen molar-refractivity contribution < 1.29 is 18.8 Å². The first-order chi connectivity index (χ1) is 9.28. The number of aromatic nitrogens is 1. The smallest absolute Gasteiger partial charge is 0.287 e. The number of aliphatic hydroxyl groups excluding tert-OH is 1. The minimum absolute atomic E-state index is 0.00907. The van der Waals surface area contributed by atoms with E-state index >= 15 is 0 Å². The van der Waals surface area contributed by atoms with Crippen LogP contribution >= 0.6 is 0 Å². The number of fused-ring (bicyclic) bond motifs is 1. The number of carbonyl (C=O) groups is 1. The molecule has 1 aliphatic carbocycles. The van der Waals surface area contributed by atoms with Crippen molar-refractivity contribution in [2.24, 2.45) is 0 Å². The van der Waals surface area contributed by atoms with Gasteiger partial charge in [-0.3, -0.25) is 4.79 Å². The maximum Gasteiger partial charge on any atom is 0.287 e. The molecule has 0 fully saturated rings. The first-order valence-corrected chi connectivity index (χ1v) is 6.19. The van der Waals surface area contributed by atoms with Gasteiger partial charge in [0.15, 0.2) is 5.76 Å². The maximum atomic E-state index is 11.9. The van der Waals surface area contributed by atoms with Crippen LogP contribution in [-0.2, 0) is 19.4 Å². The Kier molecular flexibility index (Phi) is 3.08. The number of hydrogen-bond donors (Lipinski definition) is 2. The first-order valence-electron chi connectivity index (χ1n) is 6.19. The number of rotatable bonds is 3. The molecule has 0 spiro atoms. The summed E-state index contributed by atoms with van der Waals surface area (Å²) in [5.74, 6) is 0.895. The van der Waals surface area contributed by atoms with Gasteiger partial charge in [0.1, 0.15) is 11.5 Å². The second kappa shape index (κ2) is 4.89. The highest BCUT2D eigenvalue weighted by atomic mass is 16.5. The van der Waals surface area contributed by atoms with Gasteiger partial charge in [-0.1, -0.05) is 5.16 Å². The lowest BCUT2D eigenvalue weighted by Crippen LogP contribution is -2.38. The highest BCUT2D eigenvalue weighted by Gasteiger charge is 2.26. The van der Waals surface area contributed by atoms with E-state index in [1.807, 2.05) is 0 Å². The number of carbonyl (C=O) groups excluding carboxylic acids is 1. The monoisotopic (exact) mass is 262 g/mol. The van der Waals surface area contributed by atoms with Gasteiger partial charge in [0.25, 0.3) is 5.91 Å². The molecule has 2 N–H and O–H groups in total. The van der Waals surface area contributed by atoms with E-state index in [9.17, 15) is 9.90 Å². The molecule has 2 aromatic heterocycles. The molecule has 3 rings (SSSR count). The van der Waals surface area contributed by atoms with Crippen LogP contribution in [0.3, 0.4) is 0 Å². The van der Waals surface area contributed by atoms with E-state index in [1.165, 1.54) is 6.26 Å². The Morgan fingerprint density at radius 3 is 3.21 bits per heavy atom. The fourth-order valence-electron chi connectivity index (χ4n) is 2.38. The van der Waals surface area contributed by atoms with Gasteiger partial charge < -0.3 is 19.4 Å². The van der Waals surface area contributed by atoms with Crippen LogP contribution < -0.4 is 5.32 Å². The molecule has 100 valence electrons. The lowest BCUT2D eigenvalue weighted by atomic mass is 9.92. The predicted molar refractivity (Wildman–Crippen MR) is 64.4 cm³/mol. The zero-order valence-corrected chi connectivity index (χ0v) is 10.3. The highest BCUT2D eigenvalue weighted by molar-refractivity contribution is 5.91. The van der Waals surface area contributed by atoms with Gasteiger partial charge in [0.05, 0.1) is 12.9 Å². The summed E-state index contributed by atoms with van der Waals surface area (Å²) in [5, 5.41) is 15.9. The van der Waals surface area contributed by atoms with E-state index in [0.717, 1.165) is 17.7 Å². The Hall–Kier alpha value is -2.08. The number of aryl methyl sites for hydroxylation is 1. The van der Waals surface area contributed by atoms with Crippen LogP contribution in [0.2, 0.25) is 0 Å². The molecule has 1 aliphatic rings. The summed E-state index contributed by atoms with van der Waals surface area (Å²) in [5.41, 5.74) is 1.48. The Labute approximate surface area is 109 Å². The standard InChI is InChI=1S/C13H14N2O4/c16-7-10-9-6-8(3-4-11(9)19-15-10)14-13(17)12-2-1-5-18-12/h1-2,5,8,16H,3-4,6-7H2,(H,14,17). The summed E-state index contributed by atoms with van der Waals surface area (Å²) in [6.45, 7) is -0.141. The number of furan rings is 1. The average molecular weight is 262 g/mol. The van der Waals surface area contributed by atoms with Crippen molar-refractivity contribution in [3.63, 3.8) is 0 Å². The molecule has 0 bridgehead atoms. The van der Waals surface area contributed by atoms with Crippen molar-refractivity contribution in [3.8, 4) is 0 Å². The summed E-state index contributed by atoms with van der Waals surface area (Å²) in [6, 6.07) is 3.31. The Morgan fingerprint density at radius 2 is 2.47 bits per heavy atom. The van der Waals surface area contributed by atoms with Crippen LogP contribution in [0, 0.1) is 0 Å². The third-order valence-corrected chi connectivity index (χ3v) is 3.35. The fourth-order valence-corrected chi connectivity index (χ4v) is 2.38. The summed E-state index contributed by atoms with van der Waals surface area (Å²) in [7, 11) is 0. The molecule has 1 amide bonds. The summed E-state index contributed by atoms with van der Waals surface area (Å²) in [6.07, 6.45) is 3.60. The Balaban J connectivity index is 1.70. The number of amides is 1. The predicted octanol–water partition coefficient (Wildman–Crippen LogP) is 1.05. The summed E-state index contributed by atoms with van der Waals surface area (Å²) < 4.78 is 10.2. The molecule has 6 nitrogen and oxygen atoms in total. The van der Waals surface area contributed by atoms with Crippen LogP contribution in [-0.4, -0.2) is 22.2 Å². The third kappa shape index (κ3) is 2.26. The van der Waals surface area contributed by atoms with Crippen molar-refractivity contribution in [2.75, 3.05) is 0 Å². The zero-order chi connectivity index (χ0) is 13.2. The molecule has 0 aliphatic heterocycles. The molecule has 1 unspecified atom stereocenters. The number of nitrogens with zero attached hydrogens (tertiary/aromatic N) is 1. The largest absolute Gasteiger partial charge is 0.459 e. The van der Waals surface area contributed by atoms with Crippen LogP contribution in [0.15, 0.2) is 27.3 Å². The van der Waals surface area contributed by atoms with Crippen LogP contribution in [0.25, 0.3) is 0 Å². The third-order valence-electron chi connectivity index (χ3n) is 3.35. The van der Waals surface area contributed by atoms with E-state index in [2.05, 4.69) is 10.5 Å². The van der Waals surface area contributed by atoms with Gasteiger partial charge in [-0.05, 0) is 25.0 Å². The molecule has 0 saturated carbocycles. The molecular weight excluding hydrogens is 248 g/mol. The first kappa shape index (κ1) is 12.0. The molecule has 2 heterocycles. The lowest BCUT2D eigenvalue weighted by molar-refractivity contribution is 0.0904. The molecule has 0 aromatic carbocycles. The number of nitrogens with one attached hydrogen (secondary N) is 1. The Bertz CT molecular complexity index is 560. The van der Waals surface area contributed by atoms with Gasteiger partial charge in [-0.15, -0.1) is 0 Å². The molecular formula is C13H14N2O4. The normalized spacial score (nSPS) is 18.1. The molecule has 2 aromatic rings. The van der Waals surface area contributed by atoms with Crippen LogP contribution in [0.1, 0.15) is 34.0 Å². The van der Waals surface area contributed by atoms with E-state index in [4.69, 9.17) is 8.94 Å². The lowest BCUT2D eigenvalue weighted by Gasteiger charge is -2.21. The van der Waals surface area contributed by atoms with Crippen molar-refractivity contribution in [1.29, 1.82) is 0 Å². The average Bonchev–Trinajstić information content (AvgIpc) is 3.07. The quantitative estimate of drug-likeness (QED) is 0.863. The Morgan fingerprint density at radius 1 is 1.58 bits per heavy atom. The number of aliphatic hydroxyl groups is 1. The van der Waals surface area contributed by atoms with Crippen molar-refractivity contribution in [2.45, 2.75) is 31.9 Å². The highest BCUT2D eigenvalue weighted by Crippen LogP contribution is 2.24. The molecule has 0 saturated heterocycles. The molecule has 19 heavy (non-hydrogen) atoms. The topological polar surface area (TPSA) is 88.5 Å². The summed E-state index contributed by atoms with van der Waals surface area (Å²) >= 11 is 0. The fraction of sp³-hybridized carbons (Fsp3) is 0.385. The molecule has 6 heteroatoms. The van der Waals surface area contributed by atoms with Gasteiger partial charge in [-0.2, -0.15) is 0 Å². The zero-order valence-electron chi connectivity index (χ0n) is 10.3. The van der Waals surface area contributed by atoms with Crippen molar-refractivity contribution in [1.82, 2.24) is 10.5 Å². The van der Waals surface area contributed by atoms with Crippen molar-refractivity contribution in [3.05, 3.63) is 41.2 Å². The van der Waals surface area contributed by atoms with Gasteiger partial charge in [0.2, 0.25) is 0 Å². The van der Waals surface area contributed by atoms with Crippen molar-refractivity contribution >= 4 is 5.91 Å². The molecule has 1 atom stereocenters. The van der Waals surface area contributed by atoms with Gasteiger partial charge in [-0.25, -0.2) is 0 Å². The second-order valence-electron chi connectivity index (χ2n) is 4.58. The second-order valence-corrected chi connectivity index (χ2v) is 4.58. The van der Waals surface area contributed by atoms with E-state index in [0.29, 0.717) is 24.3 Å². The van der Waals surface area contributed by atoms with Gasteiger partial charge >= 0.3 is 0 Å². The molecule has 0 radical (unpaired) electrons. The van der Waals surface area contributed by atoms with E-state index in [-0.39, 0.29) is 18.6 Å². The SMILES string of the molecule is O=C(NC1CCc2onc(CO)c2C1)c1ccco1.